The van der Waals surface area contributed by atoms with Gasteiger partial charge in [-0.15, -0.1) is 0 Å². The molecule has 1 unspecified atom stereocenters. The van der Waals surface area contributed by atoms with Crippen molar-refractivity contribution in [1.29, 1.82) is 0 Å². The Morgan fingerprint density at radius 2 is 2.06 bits per heavy atom. The molecule has 4 nitrogen and oxygen atoms in total. The Morgan fingerprint density at radius 3 is 2.67 bits per heavy atom. The number of anilines is 2. The van der Waals surface area contributed by atoms with Gasteiger partial charge in [-0.3, -0.25) is 0 Å². The van der Waals surface area contributed by atoms with Crippen LogP contribution in [0.5, 0.6) is 0 Å². The molecule has 3 N–H and O–H groups in total. The van der Waals surface area contributed by atoms with Gasteiger partial charge in [0.1, 0.15) is 11.6 Å². The molecular formula is C14H26N4. The highest BCUT2D eigenvalue weighted by atomic mass is 15.1. The van der Waals surface area contributed by atoms with Crippen molar-refractivity contribution in [3.05, 3.63) is 18.2 Å². The van der Waals surface area contributed by atoms with E-state index in [1.807, 2.05) is 12.1 Å². The van der Waals surface area contributed by atoms with Crippen LogP contribution in [0.25, 0.3) is 0 Å². The van der Waals surface area contributed by atoms with Gasteiger partial charge in [-0.2, -0.15) is 0 Å². The van der Waals surface area contributed by atoms with E-state index < -0.39 is 0 Å². The SMILES string of the molecule is CCN(CC)CCCC(C)Nc1cccc(N)n1. The minimum Gasteiger partial charge on any atom is -0.384 e. The summed E-state index contributed by atoms with van der Waals surface area (Å²) in [7, 11) is 0. The minimum atomic E-state index is 0.426. The van der Waals surface area contributed by atoms with Crippen LogP contribution in [-0.2, 0) is 0 Å². The van der Waals surface area contributed by atoms with Gasteiger partial charge < -0.3 is 16.0 Å². The molecular weight excluding hydrogens is 224 g/mol. The molecule has 1 atom stereocenters. The van der Waals surface area contributed by atoms with Gasteiger partial charge in [0.05, 0.1) is 0 Å². The summed E-state index contributed by atoms with van der Waals surface area (Å²) in [5, 5.41) is 3.38. The predicted octanol–water partition coefficient (Wildman–Crippen LogP) is 2.59. The average Bonchev–Trinajstić information content (AvgIpc) is 2.34. The van der Waals surface area contributed by atoms with Crippen LogP contribution in [-0.4, -0.2) is 35.6 Å². The largest absolute Gasteiger partial charge is 0.384 e. The predicted molar refractivity (Wildman–Crippen MR) is 78.8 cm³/mol. The van der Waals surface area contributed by atoms with Gasteiger partial charge in [0.2, 0.25) is 0 Å². The lowest BCUT2D eigenvalue weighted by atomic mass is 10.1. The molecule has 0 saturated heterocycles. The number of aromatic nitrogens is 1. The third kappa shape index (κ3) is 5.36. The summed E-state index contributed by atoms with van der Waals surface area (Å²) < 4.78 is 0. The molecule has 1 heterocycles. The topological polar surface area (TPSA) is 54.2 Å². The molecule has 0 aromatic carbocycles. The first-order valence-electron chi connectivity index (χ1n) is 6.87. The fourth-order valence-electron chi connectivity index (χ4n) is 2.02. The molecule has 0 amide bonds. The summed E-state index contributed by atoms with van der Waals surface area (Å²) >= 11 is 0. The number of nitrogens with two attached hydrogens (primary N) is 1. The molecule has 0 saturated carbocycles. The Balaban J connectivity index is 2.27. The number of rotatable bonds is 8. The van der Waals surface area contributed by atoms with E-state index in [1.54, 1.807) is 6.07 Å². The summed E-state index contributed by atoms with van der Waals surface area (Å²) in [6.45, 7) is 10.0. The lowest BCUT2D eigenvalue weighted by Gasteiger charge is -2.20. The van der Waals surface area contributed by atoms with Crippen LogP contribution >= 0.6 is 0 Å². The molecule has 1 aromatic rings. The summed E-state index contributed by atoms with van der Waals surface area (Å²) in [6.07, 6.45) is 2.35. The number of nitrogen functional groups attached to an aromatic ring is 1. The number of hydrogen-bond acceptors (Lipinski definition) is 4. The van der Waals surface area contributed by atoms with Crippen molar-refractivity contribution in [2.24, 2.45) is 0 Å². The van der Waals surface area contributed by atoms with Gasteiger partial charge >= 0.3 is 0 Å². The smallest absolute Gasteiger partial charge is 0.128 e. The third-order valence-corrected chi connectivity index (χ3v) is 3.17. The highest BCUT2D eigenvalue weighted by molar-refractivity contribution is 5.42. The van der Waals surface area contributed by atoms with Crippen molar-refractivity contribution < 1.29 is 0 Å². The van der Waals surface area contributed by atoms with Gasteiger partial charge in [0, 0.05) is 6.04 Å². The summed E-state index contributed by atoms with van der Waals surface area (Å²) in [5.41, 5.74) is 5.65. The summed E-state index contributed by atoms with van der Waals surface area (Å²) in [6, 6.07) is 6.11. The van der Waals surface area contributed by atoms with Gasteiger partial charge in [-0.05, 0) is 51.5 Å². The second-order valence-electron chi connectivity index (χ2n) is 4.66. The molecule has 0 spiro atoms. The number of pyridine rings is 1. The van der Waals surface area contributed by atoms with Crippen molar-refractivity contribution in [1.82, 2.24) is 9.88 Å². The maximum Gasteiger partial charge on any atom is 0.128 e. The zero-order valence-corrected chi connectivity index (χ0v) is 11.8. The van der Waals surface area contributed by atoms with Gasteiger partial charge in [0.25, 0.3) is 0 Å². The van der Waals surface area contributed by atoms with Crippen molar-refractivity contribution >= 4 is 11.6 Å². The lowest BCUT2D eigenvalue weighted by molar-refractivity contribution is 0.295. The van der Waals surface area contributed by atoms with Crippen LogP contribution in [0.2, 0.25) is 0 Å². The first-order chi connectivity index (χ1) is 8.65. The van der Waals surface area contributed by atoms with Gasteiger partial charge in [0.15, 0.2) is 0 Å². The van der Waals surface area contributed by atoms with Crippen molar-refractivity contribution in [3.8, 4) is 0 Å². The first-order valence-corrected chi connectivity index (χ1v) is 6.87. The summed E-state index contributed by atoms with van der Waals surface area (Å²) in [5.74, 6) is 1.43. The van der Waals surface area contributed by atoms with Crippen LogP contribution in [0.4, 0.5) is 11.6 Å². The molecule has 1 rings (SSSR count). The standard InChI is InChI=1S/C14H26N4/c1-4-18(5-2)11-7-8-12(3)16-14-10-6-9-13(15)17-14/h6,9-10,12H,4-5,7-8,11H2,1-3H3,(H3,15,16,17). The lowest BCUT2D eigenvalue weighted by Crippen LogP contribution is -2.25. The van der Waals surface area contributed by atoms with E-state index >= 15 is 0 Å². The van der Waals surface area contributed by atoms with E-state index in [1.165, 1.54) is 13.0 Å². The van der Waals surface area contributed by atoms with E-state index in [9.17, 15) is 0 Å². The zero-order valence-electron chi connectivity index (χ0n) is 11.8. The fraction of sp³-hybridized carbons (Fsp3) is 0.643. The van der Waals surface area contributed by atoms with E-state index in [-0.39, 0.29) is 0 Å². The molecule has 0 aliphatic rings. The summed E-state index contributed by atoms with van der Waals surface area (Å²) in [4.78, 5) is 6.69. The monoisotopic (exact) mass is 250 g/mol. The Labute approximate surface area is 111 Å². The van der Waals surface area contributed by atoms with E-state index in [0.29, 0.717) is 11.9 Å². The Kier molecular flexibility index (Phi) is 6.50. The van der Waals surface area contributed by atoms with E-state index in [4.69, 9.17) is 5.73 Å². The molecule has 102 valence electrons. The van der Waals surface area contributed by atoms with Crippen LogP contribution < -0.4 is 11.1 Å². The molecule has 0 radical (unpaired) electrons. The Morgan fingerprint density at radius 1 is 1.33 bits per heavy atom. The first kappa shape index (κ1) is 14.8. The molecule has 1 aromatic heterocycles. The maximum atomic E-state index is 5.65. The van der Waals surface area contributed by atoms with Crippen molar-refractivity contribution in [2.75, 3.05) is 30.7 Å². The highest BCUT2D eigenvalue weighted by Gasteiger charge is 2.05. The quantitative estimate of drug-likeness (QED) is 0.744. The zero-order chi connectivity index (χ0) is 13.4. The van der Waals surface area contributed by atoms with Crippen LogP contribution in [0.15, 0.2) is 18.2 Å². The number of nitrogens with one attached hydrogen (secondary N) is 1. The normalized spacial score (nSPS) is 12.7. The van der Waals surface area contributed by atoms with Crippen molar-refractivity contribution in [3.63, 3.8) is 0 Å². The van der Waals surface area contributed by atoms with E-state index in [0.717, 1.165) is 25.3 Å². The minimum absolute atomic E-state index is 0.426. The maximum absolute atomic E-state index is 5.65. The Bertz CT molecular complexity index is 336. The molecule has 0 fully saturated rings. The molecule has 4 heteroatoms. The number of hydrogen-bond donors (Lipinski definition) is 2. The molecule has 0 aliphatic heterocycles. The van der Waals surface area contributed by atoms with Crippen LogP contribution in [0.1, 0.15) is 33.6 Å². The second-order valence-corrected chi connectivity index (χ2v) is 4.66. The van der Waals surface area contributed by atoms with Gasteiger partial charge in [-0.1, -0.05) is 19.9 Å². The average molecular weight is 250 g/mol. The second kappa shape index (κ2) is 7.93. The van der Waals surface area contributed by atoms with Crippen LogP contribution in [0.3, 0.4) is 0 Å². The number of nitrogens with zero attached hydrogens (tertiary/aromatic N) is 2. The van der Waals surface area contributed by atoms with E-state index in [2.05, 4.69) is 36.0 Å². The van der Waals surface area contributed by atoms with Gasteiger partial charge in [-0.25, -0.2) is 4.98 Å². The third-order valence-electron chi connectivity index (χ3n) is 3.17. The highest BCUT2D eigenvalue weighted by Crippen LogP contribution is 2.10. The van der Waals surface area contributed by atoms with Crippen molar-refractivity contribution in [2.45, 2.75) is 39.7 Å². The Hall–Kier alpha value is -1.29. The molecule has 0 aliphatic carbocycles. The molecule has 18 heavy (non-hydrogen) atoms. The van der Waals surface area contributed by atoms with Crippen LogP contribution in [0, 0.1) is 0 Å². The molecule has 0 bridgehead atoms. The fourth-order valence-corrected chi connectivity index (χ4v) is 2.02.